The molecule has 1 N–H and O–H groups in total. The summed E-state index contributed by atoms with van der Waals surface area (Å²) in [6, 6.07) is 6.12. The van der Waals surface area contributed by atoms with Gasteiger partial charge >= 0.3 is 0 Å². The first-order valence-corrected chi connectivity index (χ1v) is 12.5. The third kappa shape index (κ3) is 5.29. The Balaban J connectivity index is 1.17. The molecule has 4 heterocycles. The van der Waals surface area contributed by atoms with Crippen molar-refractivity contribution in [3.05, 3.63) is 35.2 Å². The molecule has 10 nitrogen and oxygen atoms in total. The molecule has 35 heavy (non-hydrogen) atoms. The van der Waals surface area contributed by atoms with Crippen molar-refractivity contribution in [3.63, 3.8) is 0 Å². The summed E-state index contributed by atoms with van der Waals surface area (Å²) >= 11 is 0. The third-order valence-electron chi connectivity index (χ3n) is 7.22. The van der Waals surface area contributed by atoms with Gasteiger partial charge in [-0.15, -0.1) is 5.10 Å². The van der Waals surface area contributed by atoms with Gasteiger partial charge in [-0.2, -0.15) is 0 Å². The van der Waals surface area contributed by atoms with E-state index in [1.807, 2.05) is 23.7 Å². The van der Waals surface area contributed by atoms with Crippen LogP contribution in [0.1, 0.15) is 43.1 Å². The second-order valence-electron chi connectivity index (χ2n) is 9.60. The highest BCUT2D eigenvalue weighted by atomic mass is 16.5. The zero-order chi connectivity index (χ0) is 24.3. The van der Waals surface area contributed by atoms with Crippen molar-refractivity contribution in [2.45, 2.75) is 58.0 Å². The lowest BCUT2D eigenvalue weighted by Gasteiger charge is -2.34. The molecule has 1 aromatic carbocycles. The van der Waals surface area contributed by atoms with Gasteiger partial charge < -0.3 is 24.3 Å². The van der Waals surface area contributed by atoms with Crippen LogP contribution >= 0.6 is 0 Å². The lowest BCUT2D eigenvalue weighted by atomic mass is 9.99. The minimum absolute atomic E-state index is 0.0227. The molecule has 1 spiro atoms. The Morgan fingerprint density at radius 2 is 2.11 bits per heavy atom. The number of carbonyl (C=O) groups is 1. The standard InChI is InChI=1S/C25H35N5O5/c1-3-34-22-5-4-18(12-23(22)32-2)14-29-9-8-25(16-29)17-30-21(15-35-25)20(27-28-30)13-26-24(31)19-6-10-33-11-7-19/h4-5,12,19H,3,6-11,13-17H2,1-2H3,(H,26,31). The normalized spacial score (nSPS) is 22.8. The van der Waals surface area contributed by atoms with Crippen molar-refractivity contribution >= 4 is 5.91 Å². The molecule has 0 aliphatic carbocycles. The number of rotatable bonds is 8. The zero-order valence-corrected chi connectivity index (χ0v) is 20.6. The van der Waals surface area contributed by atoms with Gasteiger partial charge in [-0.25, -0.2) is 4.68 Å². The van der Waals surface area contributed by atoms with Crippen molar-refractivity contribution in [1.82, 2.24) is 25.2 Å². The van der Waals surface area contributed by atoms with Crippen molar-refractivity contribution in [1.29, 1.82) is 0 Å². The van der Waals surface area contributed by atoms with Gasteiger partial charge in [0.15, 0.2) is 11.5 Å². The fraction of sp³-hybridized carbons (Fsp3) is 0.640. The number of fused-ring (bicyclic) bond motifs is 1. The Hall–Kier alpha value is -2.69. The monoisotopic (exact) mass is 485 g/mol. The van der Waals surface area contributed by atoms with Crippen LogP contribution in [-0.2, 0) is 40.5 Å². The molecule has 1 unspecified atom stereocenters. The van der Waals surface area contributed by atoms with E-state index in [0.717, 1.165) is 61.8 Å². The minimum Gasteiger partial charge on any atom is -0.493 e. The number of ether oxygens (including phenoxy) is 4. The Bertz CT molecular complexity index is 1040. The molecule has 5 rings (SSSR count). The van der Waals surface area contributed by atoms with Crippen LogP contribution in [0.25, 0.3) is 0 Å². The van der Waals surface area contributed by atoms with E-state index in [-0.39, 0.29) is 17.4 Å². The molecule has 10 heteroatoms. The Labute approximate surface area is 205 Å². The second-order valence-corrected chi connectivity index (χ2v) is 9.60. The maximum absolute atomic E-state index is 12.5. The molecule has 0 bridgehead atoms. The fourth-order valence-electron chi connectivity index (χ4n) is 5.26. The summed E-state index contributed by atoms with van der Waals surface area (Å²) in [7, 11) is 1.67. The number of aromatic nitrogens is 3. The highest BCUT2D eigenvalue weighted by Crippen LogP contribution is 2.34. The van der Waals surface area contributed by atoms with E-state index >= 15 is 0 Å². The molecule has 2 saturated heterocycles. The minimum atomic E-state index is -0.265. The summed E-state index contributed by atoms with van der Waals surface area (Å²) < 4.78 is 24.9. The average Bonchev–Trinajstić information content (AvgIpc) is 3.47. The fourth-order valence-corrected chi connectivity index (χ4v) is 5.26. The highest BCUT2D eigenvalue weighted by molar-refractivity contribution is 5.78. The summed E-state index contributed by atoms with van der Waals surface area (Å²) in [4.78, 5) is 14.9. The molecule has 190 valence electrons. The van der Waals surface area contributed by atoms with Crippen LogP contribution in [-0.4, -0.2) is 71.4 Å². The number of carbonyl (C=O) groups excluding carboxylic acids is 1. The molecule has 2 aromatic rings. The van der Waals surface area contributed by atoms with E-state index in [1.54, 1.807) is 7.11 Å². The van der Waals surface area contributed by atoms with Crippen molar-refractivity contribution in [2.75, 3.05) is 40.0 Å². The molecule has 3 aliphatic rings. The first-order chi connectivity index (χ1) is 17.1. The van der Waals surface area contributed by atoms with Gasteiger partial charge in [0.1, 0.15) is 11.3 Å². The Kier molecular flexibility index (Phi) is 7.22. The number of nitrogens with one attached hydrogen (secondary N) is 1. The summed E-state index contributed by atoms with van der Waals surface area (Å²) in [5.74, 6) is 1.62. The molecule has 2 fully saturated rings. The molecular weight excluding hydrogens is 450 g/mol. The van der Waals surface area contributed by atoms with Gasteiger partial charge in [0, 0.05) is 38.8 Å². The molecule has 1 atom stereocenters. The van der Waals surface area contributed by atoms with Crippen molar-refractivity contribution in [3.8, 4) is 11.5 Å². The lowest BCUT2D eigenvalue weighted by molar-refractivity contribution is -0.128. The van der Waals surface area contributed by atoms with Gasteiger partial charge in [0.2, 0.25) is 5.91 Å². The number of benzene rings is 1. The lowest BCUT2D eigenvalue weighted by Crippen LogP contribution is -2.44. The number of amides is 1. The SMILES string of the molecule is CCOc1ccc(CN2CCC3(C2)Cn2nnc(CNC(=O)C4CCOCC4)c2CO3)cc1OC. The predicted molar refractivity (Wildman–Crippen MR) is 127 cm³/mol. The zero-order valence-electron chi connectivity index (χ0n) is 20.6. The summed E-state index contributed by atoms with van der Waals surface area (Å²) in [6.07, 6.45) is 2.49. The van der Waals surface area contributed by atoms with Crippen LogP contribution in [0.3, 0.4) is 0 Å². The van der Waals surface area contributed by atoms with Crippen LogP contribution < -0.4 is 14.8 Å². The van der Waals surface area contributed by atoms with Gasteiger partial charge in [0.25, 0.3) is 0 Å². The smallest absolute Gasteiger partial charge is 0.223 e. The number of nitrogens with zero attached hydrogens (tertiary/aromatic N) is 4. The Morgan fingerprint density at radius 3 is 2.91 bits per heavy atom. The summed E-state index contributed by atoms with van der Waals surface area (Å²) in [5.41, 5.74) is 2.66. The van der Waals surface area contributed by atoms with Crippen LogP contribution in [0.15, 0.2) is 18.2 Å². The number of hydrogen-bond donors (Lipinski definition) is 1. The van der Waals surface area contributed by atoms with Crippen LogP contribution in [0, 0.1) is 5.92 Å². The first kappa shape index (κ1) is 24.0. The number of likely N-dealkylation sites (tertiary alicyclic amines) is 1. The maximum Gasteiger partial charge on any atom is 0.223 e. The molecule has 0 radical (unpaired) electrons. The highest BCUT2D eigenvalue weighted by Gasteiger charge is 2.43. The Morgan fingerprint density at radius 1 is 1.26 bits per heavy atom. The largest absolute Gasteiger partial charge is 0.493 e. The summed E-state index contributed by atoms with van der Waals surface area (Å²) in [5, 5.41) is 11.8. The van der Waals surface area contributed by atoms with E-state index in [4.69, 9.17) is 18.9 Å². The second kappa shape index (κ2) is 10.5. The maximum atomic E-state index is 12.5. The van der Waals surface area contributed by atoms with Crippen LogP contribution in [0.4, 0.5) is 0 Å². The molecular formula is C25H35N5O5. The molecule has 1 aromatic heterocycles. The topological polar surface area (TPSA) is 100.0 Å². The molecule has 1 amide bonds. The molecule has 3 aliphatic heterocycles. The summed E-state index contributed by atoms with van der Waals surface area (Å²) in [6.45, 7) is 7.99. The number of methoxy groups -OCH3 is 1. The van der Waals surface area contributed by atoms with Gasteiger partial charge in [0.05, 0.1) is 39.1 Å². The first-order valence-electron chi connectivity index (χ1n) is 12.5. The van der Waals surface area contributed by atoms with Crippen LogP contribution in [0.2, 0.25) is 0 Å². The van der Waals surface area contributed by atoms with Crippen LogP contribution in [0.5, 0.6) is 11.5 Å². The molecule has 0 saturated carbocycles. The van der Waals surface area contributed by atoms with E-state index in [1.165, 1.54) is 5.56 Å². The van der Waals surface area contributed by atoms with Gasteiger partial charge in [-0.3, -0.25) is 9.69 Å². The quantitative estimate of drug-likeness (QED) is 0.605. The van der Waals surface area contributed by atoms with Gasteiger partial charge in [-0.1, -0.05) is 11.3 Å². The predicted octanol–water partition coefficient (Wildman–Crippen LogP) is 1.90. The van der Waals surface area contributed by atoms with E-state index in [9.17, 15) is 4.79 Å². The van der Waals surface area contributed by atoms with Crippen molar-refractivity contribution < 1.29 is 23.7 Å². The number of hydrogen-bond acceptors (Lipinski definition) is 8. The third-order valence-corrected chi connectivity index (χ3v) is 7.22. The average molecular weight is 486 g/mol. The van der Waals surface area contributed by atoms with Gasteiger partial charge in [-0.05, 0) is 43.9 Å². The van der Waals surface area contributed by atoms with E-state index in [0.29, 0.717) is 39.5 Å². The van der Waals surface area contributed by atoms with E-state index < -0.39 is 0 Å². The van der Waals surface area contributed by atoms with Crippen molar-refractivity contribution in [2.24, 2.45) is 5.92 Å². The van der Waals surface area contributed by atoms with E-state index in [2.05, 4.69) is 26.6 Å².